The molecule has 2 aromatic rings. The van der Waals surface area contributed by atoms with Crippen LogP contribution in [0.5, 0.6) is 0 Å². The summed E-state index contributed by atoms with van der Waals surface area (Å²) in [5, 5.41) is 0.563. The lowest BCUT2D eigenvalue weighted by Crippen LogP contribution is -2.34. The summed E-state index contributed by atoms with van der Waals surface area (Å²) >= 11 is 1.22. The Kier molecular flexibility index (Phi) is 4.72. The minimum atomic E-state index is -0.397. The van der Waals surface area contributed by atoms with Gasteiger partial charge in [-0.1, -0.05) is 23.5 Å². The van der Waals surface area contributed by atoms with Crippen LogP contribution < -0.4 is 4.90 Å². The second-order valence-corrected chi connectivity index (χ2v) is 8.05. The fourth-order valence-corrected chi connectivity index (χ4v) is 4.42. The molecule has 2 aliphatic rings. The molecule has 0 spiro atoms. The molecule has 0 bridgehead atoms. The van der Waals surface area contributed by atoms with Gasteiger partial charge in [0.05, 0.1) is 12.3 Å². The van der Waals surface area contributed by atoms with Crippen molar-refractivity contribution >= 4 is 28.3 Å². The summed E-state index contributed by atoms with van der Waals surface area (Å²) in [5.41, 5.74) is 1.45. The van der Waals surface area contributed by atoms with Crippen molar-refractivity contribution in [2.45, 2.75) is 45.1 Å². The van der Waals surface area contributed by atoms with E-state index >= 15 is 0 Å². The summed E-state index contributed by atoms with van der Waals surface area (Å²) in [7, 11) is 0. The molecule has 2 unspecified atom stereocenters. The van der Waals surface area contributed by atoms with Crippen molar-refractivity contribution in [3.05, 3.63) is 46.2 Å². The van der Waals surface area contributed by atoms with Crippen molar-refractivity contribution in [1.82, 2.24) is 4.98 Å². The number of esters is 1. The summed E-state index contributed by atoms with van der Waals surface area (Å²) in [6.07, 6.45) is 2.60. The quantitative estimate of drug-likeness (QED) is 0.700. The maximum Gasteiger partial charge on any atom is 0.350 e. The van der Waals surface area contributed by atoms with Gasteiger partial charge in [-0.25, -0.2) is 14.2 Å². The Morgan fingerprint density at radius 2 is 2.15 bits per heavy atom. The number of rotatable bonds is 6. The molecule has 2 aliphatic carbocycles. The smallest absolute Gasteiger partial charge is 0.350 e. The number of halogens is 1. The lowest BCUT2D eigenvalue weighted by molar-refractivity contribution is -0.120. The molecule has 1 amide bonds. The number of thiazole rings is 1. The van der Waals surface area contributed by atoms with E-state index in [0.29, 0.717) is 22.3 Å². The second-order valence-electron chi connectivity index (χ2n) is 7.07. The van der Waals surface area contributed by atoms with Crippen molar-refractivity contribution in [3.8, 4) is 0 Å². The Hall–Kier alpha value is -2.28. The van der Waals surface area contributed by atoms with Crippen LogP contribution in [0.4, 0.5) is 9.52 Å². The van der Waals surface area contributed by atoms with Crippen LogP contribution >= 0.6 is 11.3 Å². The molecule has 1 heterocycles. The third kappa shape index (κ3) is 3.60. The maximum atomic E-state index is 13.5. The predicted molar refractivity (Wildman–Crippen MR) is 101 cm³/mol. The molecule has 5 nitrogen and oxygen atoms in total. The van der Waals surface area contributed by atoms with E-state index < -0.39 is 5.97 Å². The average molecular weight is 388 g/mol. The van der Waals surface area contributed by atoms with E-state index in [2.05, 4.69) is 4.98 Å². The van der Waals surface area contributed by atoms with Gasteiger partial charge in [-0.05, 0) is 56.7 Å². The van der Waals surface area contributed by atoms with Crippen LogP contribution in [-0.4, -0.2) is 29.5 Å². The molecule has 2 fully saturated rings. The number of benzene rings is 1. The zero-order valence-corrected chi connectivity index (χ0v) is 16.1. The van der Waals surface area contributed by atoms with Crippen LogP contribution in [-0.2, 0) is 9.53 Å². The van der Waals surface area contributed by atoms with Gasteiger partial charge in [0.1, 0.15) is 10.7 Å². The minimum absolute atomic E-state index is 0.0240. The van der Waals surface area contributed by atoms with Crippen molar-refractivity contribution in [1.29, 1.82) is 0 Å². The first kappa shape index (κ1) is 18.1. The van der Waals surface area contributed by atoms with Crippen molar-refractivity contribution in [2.24, 2.45) is 5.92 Å². The highest BCUT2D eigenvalue weighted by atomic mass is 32.1. The van der Waals surface area contributed by atoms with Gasteiger partial charge in [0, 0.05) is 12.0 Å². The van der Waals surface area contributed by atoms with Gasteiger partial charge in [-0.15, -0.1) is 0 Å². The van der Waals surface area contributed by atoms with Gasteiger partial charge in [-0.3, -0.25) is 9.69 Å². The van der Waals surface area contributed by atoms with Crippen LogP contribution in [0.15, 0.2) is 24.3 Å². The first-order valence-corrected chi connectivity index (χ1v) is 10.0. The number of hydrogen-bond acceptors (Lipinski definition) is 5. The van der Waals surface area contributed by atoms with E-state index in [1.807, 2.05) is 6.07 Å². The van der Waals surface area contributed by atoms with Crippen LogP contribution in [0.1, 0.15) is 53.0 Å². The number of aryl methyl sites for hydroxylation is 1. The molecule has 1 aromatic heterocycles. The summed E-state index contributed by atoms with van der Waals surface area (Å²) in [4.78, 5) is 31.9. The van der Waals surface area contributed by atoms with E-state index in [1.165, 1.54) is 23.5 Å². The van der Waals surface area contributed by atoms with Crippen molar-refractivity contribution in [2.75, 3.05) is 11.5 Å². The Morgan fingerprint density at radius 1 is 1.37 bits per heavy atom. The highest BCUT2D eigenvalue weighted by molar-refractivity contribution is 7.17. The standard InChI is InChI=1S/C20H21FN2O3S/c1-3-26-19(25)17-11(2)22-20(27-17)23(14-7-8-14)18(24)16-10-15(16)12-5-4-6-13(21)9-12/h4-6,9,14-16H,3,7-8,10H2,1-2H3. The SMILES string of the molecule is CCOC(=O)c1sc(N(C(=O)C2CC2c2cccc(F)c2)C2CC2)nc1C. The molecule has 2 saturated carbocycles. The average Bonchev–Trinajstić information content (AvgIpc) is 3.53. The molecule has 1 aromatic carbocycles. The van der Waals surface area contributed by atoms with E-state index in [4.69, 9.17) is 4.74 Å². The molecule has 7 heteroatoms. The third-order valence-electron chi connectivity index (χ3n) is 4.99. The second kappa shape index (κ2) is 7.03. The molecule has 0 N–H and O–H groups in total. The minimum Gasteiger partial charge on any atom is -0.462 e. The number of hydrogen-bond donors (Lipinski definition) is 0. The number of carbonyl (C=O) groups excluding carboxylic acids is 2. The van der Waals surface area contributed by atoms with E-state index in [1.54, 1.807) is 24.8 Å². The summed E-state index contributed by atoms with van der Waals surface area (Å²) in [6.45, 7) is 3.82. The third-order valence-corrected chi connectivity index (χ3v) is 6.12. The lowest BCUT2D eigenvalue weighted by atomic mass is 10.1. The fraction of sp³-hybridized carbons (Fsp3) is 0.450. The van der Waals surface area contributed by atoms with Gasteiger partial charge >= 0.3 is 5.97 Å². The maximum absolute atomic E-state index is 13.5. The number of amides is 1. The Labute approximate surface area is 161 Å². The Morgan fingerprint density at radius 3 is 2.81 bits per heavy atom. The Bertz CT molecular complexity index is 893. The summed E-state index contributed by atoms with van der Waals surface area (Å²) in [6, 6.07) is 6.61. The molecule has 2 atom stereocenters. The zero-order valence-electron chi connectivity index (χ0n) is 15.3. The van der Waals surface area contributed by atoms with Gasteiger partial charge in [0.25, 0.3) is 0 Å². The fourth-order valence-electron chi connectivity index (χ4n) is 3.39. The zero-order chi connectivity index (χ0) is 19.1. The Balaban J connectivity index is 1.55. The predicted octanol–water partition coefficient (Wildman–Crippen LogP) is 4.07. The number of anilines is 1. The van der Waals surface area contributed by atoms with Gasteiger partial charge in [0.15, 0.2) is 5.13 Å². The number of ether oxygens (including phenoxy) is 1. The summed E-state index contributed by atoms with van der Waals surface area (Å²) < 4.78 is 18.6. The number of carbonyl (C=O) groups is 2. The van der Waals surface area contributed by atoms with Gasteiger partial charge in [0.2, 0.25) is 5.91 Å². The molecule has 27 heavy (non-hydrogen) atoms. The van der Waals surface area contributed by atoms with Crippen LogP contribution in [0.2, 0.25) is 0 Å². The number of aromatic nitrogens is 1. The molecule has 0 saturated heterocycles. The first-order chi connectivity index (χ1) is 13.0. The molecular formula is C20H21FN2O3S. The van der Waals surface area contributed by atoms with Crippen molar-refractivity contribution < 1.29 is 18.7 Å². The number of nitrogens with zero attached hydrogens (tertiary/aromatic N) is 2. The van der Waals surface area contributed by atoms with Crippen LogP contribution in [0.3, 0.4) is 0 Å². The van der Waals surface area contributed by atoms with E-state index in [-0.39, 0.29) is 29.6 Å². The lowest BCUT2D eigenvalue weighted by Gasteiger charge is -2.19. The van der Waals surface area contributed by atoms with Gasteiger partial charge in [-0.2, -0.15) is 0 Å². The first-order valence-electron chi connectivity index (χ1n) is 9.22. The molecule has 4 rings (SSSR count). The molecule has 142 valence electrons. The van der Waals surface area contributed by atoms with Crippen molar-refractivity contribution in [3.63, 3.8) is 0 Å². The largest absolute Gasteiger partial charge is 0.462 e. The topological polar surface area (TPSA) is 59.5 Å². The molecule has 0 aliphatic heterocycles. The van der Waals surface area contributed by atoms with Crippen LogP contribution in [0, 0.1) is 18.7 Å². The molecule has 0 radical (unpaired) electrons. The highest BCUT2D eigenvalue weighted by Gasteiger charge is 2.49. The monoisotopic (exact) mass is 388 g/mol. The summed E-state index contributed by atoms with van der Waals surface area (Å²) in [5.74, 6) is -0.746. The van der Waals surface area contributed by atoms with Crippen LogP contribution in [0.25, 0.3) is 0 Å². The normalized spacial score (nSPS) is 21.0. The highest BCUT2D eigenvalue weighted by Crippen LogP contribution is 2.50. The van der Waals surface area contributed by atoms with E-state index in [9.17, 15) is 14.0 Å². The molecular weight excluding hydrogens is 367 g/mol. The van der Waals surface area contributed by atoms with Gasteiger partial charge < -0.3 is 4.74 Å². The van der Waals surface area contributed by atoms with E-state index in [0.717, 1.165) is 24.8 Å².